The van der Waals surface area contributed by atoms with Crippen LogP contribution in [-0.2, 0) is 23.7 Å². The van der Waals surface area contributed by atoms with Crippen LogP contribution in [0.15, 0.2) is 34.8 Å². The van der Waals surface area contributed by atoms with Crippen LogP contribution in [0.4, 0.5) is 9.59 Å². The maximum atomic E-state index is 11.5. The predicted molar refractivity (Wildman–Crippen MR) is 108 cm³/mol. The maximum Gasteiger partial charge on any atom is 0.413 e. The molecule has 11 heteroatoms. The highest BCUT2D eigenvalue weighted by Gasteiger charge is 2.06. The van der Waals surface area contributed by atoms with Crippen LogP contribution in [0.1, 0.15) is 0 Å². The monoisotopic (exact) mass is 414 g/mol. The van der Waals surface area contributed by atoms with Crippen LogP contribution in [0.5, 0.6) is 0 Å². The second-order valence-corrected chi connectivity index (χ2v) is 5.25. The number of rotatable bonds is 16. The van der Waals surface area contributed by atoms with Crippen molar-refractivity contribution in [1.29, 1.82) is 0 Å². The molecule has 0 aliphatic heterocycles. The molecule has 0 saturated carbocycles. The van der Waals surface area contributed by atoms with Gasteiger partial charge < -0.3 is 23.7 Å². The highest BCUT2D eigenvalue weighted by atomic mass is 16.6. The van der Waals surface area contributed by atoms with E-state index in [1.165, 1.54) is 34.6 Å². The summed E-state index contributed by atoms with van der Waals surface area (Å²) >= 11 is 0. The molecule has 0 aliphatic carbocycles. The number of hydrogen-bond donors (Lipinski definition) is 0. The highest BCUT2D eigenvalue weighted by molar-refractivity contribution is 5.68. The van der Waals surface area contributed by atoms with Gasteiger partial charge in [0.05, 0.1) is 39.6 Å². The fourth-order valence-electron chi connectivity index (χ4n) is 1.54. The summed E-state index contributed by atoms with van der Waals surface area (Å²) in [5.74, 6) is 0. The van der Waals surface area contributed by atoms with Crippen LogP contribution in [0, 0.1) is 0 Å². The topological polar surface area (TPSA) is 111 Å². The van der Waals surface area contributed by atoms with Gasteiger partial charge in [0.15, 0.2) is 0 Å². The van der Waals surface area contributed by atoms with E-state index in [9.17, 15) is 9.59 Å². The molecule has 0 bridgehead atoms. The van der Waals surface area contributed by atoms with E-state index in [4.69, 9.17) is 23.7 Å². The Morgan fingerprint density at radius 2 is 1.00 bits per heavy atom. The lowest BCUT2D eigenvalue weighted by molar-refractivity contribution is -0.00251. The first kappa shape index (κ1) is 26.2. The molecule has 29 heavy (non-hydrogen) atoms. The summed E-state index contributed by atoms with van der Waals surface area (Å²) in [6.07, 6.45) is 4.62. The van der Waals surface area contributed by atoms with Crippen molar-refractivity contribution >= 4 is 25.6 Å². The molecule has 0 unspecified atom stereocenters. The minimum absolute atomic E-state index is 0.134. The molecule has 2 amide bonds. The minimum Gasteiger partial charge on any atom is -0.447 e. The third kappa shape index (κ3) is 15.9. The molecule has 0 spiro atoms. The van der Waals surface area contributed by atoms with Crippen LogP contribution in [0.25, 0.3) is 0 Å². The zero-order valence-corrected chi connectivity index (χ0v) is 17.0. The Morgan fingerprint density at radius 1 is 0.690 bits per heavy atom. The average molecular weight is 414 g/mol. The number of carbonyl (C=O) groups is 2. The summed E-state index contributed by atoms with van der Waals surface area (Å²) in [6.45, 7) is 8.83. The second kappa shape index (κ2) is 18.6. The standard InChI is InChI=1S/C18H30N4O7/c1-19-5-7-21(3)17(23)28-15-13-26-11-9-25-10-12-27-14-16-29-18(24)22(4)8-6-20-2/h5-8H,1-2,9-16H2,3-4H3/b7-5-,8-6-. The quantitative estimate of drug-likeness (QED) is 0.278. The van der Waals surface area contributed by atoms with E-state index in [-0.39, 0.29) is 26.4 Å². The first-order valence-corrected chi connectivity index (χ1v) is 8.80. The zero-order valence-electron chi connectivity index (χ0n) is 17.0. The highest BCUT2D eigenvalue weighted by Crippen LogP contribution is 1.93. The molecule has 0 rings (SSSR count). The third-order valence-corrected chi connectivity index (χ3v) is 3.02. The summed E-state index contributed by atoms with van der Waals surface area (Å²) in [7, 11) is 3.09. The van der Waals surface area contributed by atoms with Gasteiger partial charge in [0.2, 0.25) is 0 Å². The largest absolute Gasteiger partial charge is 0.447 e. The van der Waals surface area contributed by atoms with E-state index in [0.717, 1.165) is 0 Å². The normalized spacial score (nSPS) is 10.8. The molecule has 0 aliphatic rings. The van der Waals surface area contributed by atoms with Crippen LogP contribution in [0.3, 0.4) is 0 Å². The van der Waals surface area contributed by atoms with Gasteiger partial charge in [0.1, 0.15) is 13.2 Å². The van der Waals surface area contributed by atoms with E-state index in [1.54, 1.807) is 14.1 Å². The third-order valence-electron chi connectivity index (χ3n) is 3.02. The van der Waals surface area contributed by atoms with E-state index in [2.05, 4.69) is 23.4 Å². The Bertz CT molecular complexity index is 494. The van der Waals surface area contributed by atoms with E-state index in [0.29, 0.717) is 26.4 Å². The summed E-state index contributed by atoms with van der Waals surface area (Å²) in [5.41, 5.74) is 0. The molecule has 0 saturated heterocycles. The zero-order chi connectivity index (χ0) is 21.7. The number of nitrogens with zero attached hydrogens (tertiary/aromatic N) is 4. The molecule has 0 aromatic rings. The van der Waals surface area contributed by atoms with Crippen molar-refractivity contribution in [2.24, 2.45) is 9.98 Å². The van der Waals surface area contributed by atoms with Crippen LogP contribution < -0.4 is 0 Å². The van der Waals surface area contributed by atoms with Crippen molar-refractivity contribution in [1.82, 2.24) is 9.80 Å². The molecule has 164 valence electrons. The number of hydrogen-bond acceptors (Lipinski definition) is 9. The fraction of sp³-hybridized carbons (Fsp3) is 0.556. The Labute approximate surface area is 171 Å². The SMILES string of the molecule is C=N/C=C\N(C)C(=O)OCCOCCOCCOCCOC(=O)N(C)/C=C\N=C. The molecule has 0 aromatic carbocycles. The van der Waals surface area contributed by atoms with Crippen molar-refractivity contribution < 1.29 is 33.3 Å². The first-order chi connectivity index (χ1) is 14.0. The maximum absolute atomic E-state index is 11.5. The van der Waals surface area contributed by atoms with Gasteiger partial charge in [-0.25, -0.2) is 9.59 Å². The summed E-state index contributed by atoms with van der Waals surface area (Å²) in [5, 5.41) is 0. The summed E-state index contributed by atoms with van der Waals surface area (Å²) in [6, 6.07) is 0. The Balaban J connectivity index is 3.41. The average Bonchev–Trinajstić information content (AvgIpc) is 2.72. The molecular formula is C18H30N4O7. The van der Waals surface area contributed by atoms with E-state index < -0.39 is 12.2 Å². The van der Waals surface area contributed by atoms with E-state index >= 15 is 0 Å². The molecule has 0 N–H and O–H groups in total. The number of amides is 2. The van der Waals surface area contributed by atoms with Crippen molar-refractivity contribution in [2.45, 2.75) is 0 Å². The van der Waals surface area contributed by atoms with Gasteiger partial charge in [-0.05, 0) is 13.4 Å². The fourth-order valence-corrected chi connectivity index (χ4v) is 1.54. The number of carbonyl (C=O) groups excluding carboxylic acids is 2. The molecule has 0 radical (unpaired) electrons. The molecule has 0 fully saturated rings. The smallest absolute Gasteiger partial charge is 0.413 e. The lowest BCUT2D eigenvalue weighted by atomic mass is 10.7. The second-order valence-electron chi connectivity index (χ2n) is 5.25. The van der Waals surface area contributed by atoms with Gasteiger partial charge in [0, 0.05) is 38.9 Å². The lowest BCUT2D eigenvalue weighted by Crippen LogP contribution is -2.24. The Morgan fingerprint density at radius 3 is 1.31 bits per heavy atom. The van der Waals surface area contributed by atoms with Gasteiger partial charge >= 0.3 is 12.2 Å². The number of ether oxygens (including phenoxy) is 5. The molecule has 0 heterocycles. The van der Waals surface area contributed by atoms with Crippen LogP contribution in [-0.4, -0.2) is 102 Å². The molecule has 0 aromatic heterocycles. The lowest BCUT2D eigenvalue weighted by Gasteiger charge is -2.12. The van der Waals surface area contributed by atoms with Gasteiger partial charge in [0.25, 0.3) is 0 Å². The van der Waals surface area contributed by atoms with Crippen LogP contribution in [0.2, 0.25) is 0 Å². The first-order valence-electron chi connectivity index (χ1n) is 8.80. The number of aliphatic imine (C=N–C) groups is 2. The van der Waals surface area contributed by atoms with Gasteiger partial charge in [-0.1, -0.05) is 0 Å². The Kier molecular flexibility index (Phi) is 16.8. The van der Waals surface area contributed by atoms with Crippen molar-refractivity contribution in [3.63, 3.8) is 0 Å². The van der Waals surface area contributed by atoms with Gasteiger partial charge in [-0.2, -0.15) is 0 Å². The van der Waals surface area contributed by atoms with Gasteiger partial charge in [-0.15, -0.1) is 0 Å². The summed E-state index contributed by atoms with van der Waals surface area (Å²) < 4.78 is 25.8. The molecular weight excluding hydrogens is 384 g/mol. The Hall–Kier alpha value is -2.76. The van der Waals surface area contributed by atoms with Crippen molar-refractivity contribution in [3.8, 4) is 0 Å². The van der Waals surface area contributed by atoms with Crippen molar-refractivity contribution in [3.05, 3.63) is 24.8 Å². The van der Waals surface area contributed by atoms with Crippen molar-refractivity contribution in [2.75, 3.05) is 67.0 Å². The van der Waals surface area contributed by atoms with E-state index in [1.807, 2.05) is 0 Å². The summed E-state index contributed by atoms with van der Waals surface area (Å²) in [4.78, 5) is 32.5. The van der Waals surface area contributed by atoms with Gasteiger partial charge in [-0.3, -0.25) is 19.8 Å². The predicted octanol–water partition coefficient (Wildman–Crippen LogP) is 1.52. The molecule has 11 nitrogen and oxygen atoms in total. The van der Waals surface area contributed by atoms with Crippen LogP contribution >= 0.6 is 0 Å². The molecule has 0 atom stereocenters. The minimum atomic E-state index is -0.510.